The van der Waals surface area contributed by atoms with Gasteiger partial charge in [-0.1, -0.05) is 12.1 Å². The highest BCUT2D eigenvalue weighted by Gasteiger charge is 2.23. The second kappa shape index (κ2) is 4.16. The van der Waals surface area contributed by atoms with Crippen LogP contribution in [-0.4, -0.2) is 18.3 Å². The molecule has 0 aromatic heterocycles. The Kier molecular flexibility index (Phi) is 2.51. The summed E-state index contributed by atoms with van der Waals surface area (Å²) >= 11 is 0. The first-order valence-corrected chi connectivity index (χ1v) is 5.70. The summed E-state index contributed by atoms with van der Waals surface area (Å²) in [6, 6.07) is 6.85. The number of nitrogens with one attached hydrogen (secondary N) is 2. The van der Waals surface area contributed by atoms with Gasteiger partial charge in [-0.05, 0) is 30.5 Å². The van der Waals surface area contributed by atoms with Crippen LogP contribution in [0.25, 0.3) is 0 Å². The van der Waals surface area contributed by atoms with Crippen LogP contribution in [0.5, 0.6) is 0 Å². The molecule has 0 saturated heterocycles. The van der Waals surface area contributed by atoms with E-state index in [1.165, 1.54) is 25.0 Å². The Morgan fingerprint density at radius 3 is 2.71 bits per heavy atom. The van der Waals surface area contributed by atoms with Crippen molar-refractivity contribution in [1.82, 2.24) is 10.6 Å². The van der Waals surface area contributed by atoms with Crippen LogP contribution in [0.4, 0.5) is 4.39 Å². The molecule has 1 unspecified atom stereocenters. The number of aliphatic imine (C=N–C) groups is 2. The minimum absolute atomic E-state index is 0.186. The molecule has 2 N–H and O–H groups in total. The van der Waals surface area contributed by atoms with Crippen molar-refractivity contribution < 1.29 is 4.39 Å². The lowest BCUT2D eigenvalue weighted by atomic mass is 10.2. The first-order chi connectivity index (χ1) is 8.31. The van der Waals surface area contributed by atoms with Crippen LogP contribution in [0.2, 0.25) is 0 Å². The Balaban J connectivity index is 1.76. The molecule has 5 heteroatoms. The Morgan fingerprint density at radius 2 is 2.00 bits per heavy atom. The average Bonchev–Trinajstić information content (AvgIpc) is 3.14. The molecule has 1 aromatic carbocycles. The normalized spacial score (nSPS) is 22.9. The van der Waals surface area contributed by atoms with E-state index in [0.29, 0.717) is 12.0 Å². The Morgan fingerprint density at radius 1 is 1.24 bits per heavy atom. The molecule has 1 aliphatic carbocycles. The minimum Gasteiger partial charge on any atom is -0.352 e. The van der Waals surface area contributed by atoms with Gasteiger partial charge in [0.05, 0.1) is 6.34 Å². The molecule has 1 fully saturated rings. The third-order valence-electron chi connectivity index (χ3n) is 2.77. The van der Waals surface area contributed by atoms with Crippen molar-refractivity contribution in [3.63, 3.8) is 0 Å². The summed E-state index contributed by atoms with van der Waals surface area (Å²) in [6.45, 7) is 0. The monoisotopic (exact) mass is 232 g/mol. The topological polar surface area (TPSA) is 48.8 Å². The second-order valence-corrected chi connectivity index (χ2v) is 4.25. The SMILES string of the molecule is Fc1ccc(C2N=C(NC3CC3)N=CN2)cc1. The third kappa shape index (κ3) is 2.43. The fourth-order valence-electron chi connectivity index (χ4n) is 1.66. The third-order valence-corrected chi connectivity index (χ3v) is 2.77. The largest absolute Gasteiger partial charge is 0.352 e. The zero-order valence-corrected chi connectivity index (χ0v) is 9.23. The molecule has 3 rings (SSSR count). The molecule has 0 bridgehead atoms. The van der Waals surface area contributed by atoms with Crippen molar-refractivity contribution in [3.8, 4) is 0 Å². The van der Waals surface area contributed by atoms with Gasteiger partial charge in [0.1, 0.15) is 12.0 Å². The summed E-state index contributed by atoms with van der Waals surface area (Å²) in [7, 11) is 0. The molecule has 0 amide bonds. The molecule has 17 heavy (non-hydrogen) atoms. The predicted molar refractivity (Wildman–Crippen MR) is 64.4 cm³/mol. The number of halogens is 1. The van der Waals surface area contributed by atoms with Gasteiger partial charge >= 0.3 is 0 Å². The van der Waals surface area contributed by atoms with Gasteiger partial charge in [0, 0.05) is 6.04 Å². The molecule has 4 nitrogen and oxygen atoms in total. The van der Waals surface area contributed by atoms with E-state index >= 15 is 0 Å². The number of guanidine groups is 1. The van der Waals surface area contributed by atoms with Crippen LogP contribution in [0, 0.1) is 5.82 Å². The molecular formula is C12H13FN4. The van der Waals surface area contributed by atoms with Crippen molar-refractivity contribution >= 4 is 12.3 Å². The fraction of sp³-hybridized carbons (Fsp3) is 0.333. The van der Waals surface area contributed by atoms with E-state index in [1.807, 2.05) is 0 Å². The van der Waals surface area contributed by atoms with Crippen molar-refractivity contribution in [1.29, 1.82) is 0 Å². The van der Waals surface area contributed by atoms with Gasteiger partial charge < -0.3 is 10.6 Å². The lowest BCUT2D eigenvalue weighted by Crippen LogP contribution is -2.32. The maximum atomic E-state index is 12.8. The molecule has 1 saturated carbocycles. The van der Waals surface area contributed by atoms with Crippen molar-refractivity contribution in [3.05, 3.63) is 35.6 Å². The second-order valence-electron chi connectivity index (χ2n) is 4.25. The number of benzene rings is 1. The van der Waals surface area contributed by atoms with Crippen molar-refractivity contribution in [2.24, 2.45) is 9.98 Å². The summed E-state index contributed by atoms with van der Waals surface area (Å²) in [6.07, 6.45) is 3.81. The Labute approximate surface area is 98.7 Å². The molecule has 1 atom stereocenters. The highest BCUT2D eigenvalue weighted by atomic mass is 19.1. The summed E-state index contributed by atoms with van der Waals surface area (Å²) in [4.78, 5) is 8.57. The first kappa shape index (κ1) is 10.3. The first-order valence-electron chi connectivity index (χ1n) is 5.70. The van der Waals surface area contributed by atoms with Gasteiger partial charge in [0.2, 0.25) is 5.96 Å². The summed E-state index contributed by atoms with van der Waals surface area (Å²) in [5, 5.41) is 6.28. The average molecular weight is 232 g/mol. The van der Waals surface area contributed by atoms with Gasteiger partial charge in [-0.15, -0.1) is 0 Å². The van der Waals surface area contributed by atoms with Gasteiger partial charge in [-0.3, -0.25) is 0 Å². The highest BCUT2D eigenvalue weighted by Crippen LogP contribution is 2.20. The number of hydrogen-bond donors (Lipinski definition) is 2. The van der Waals surface area contributed by atoms with Crippen molar-refractivity contribution in [2.45, 2.75) is 25.0 Å². The zero-order valence-electron chi connectivity index (χ0n) is 9.23. The lowest BCUT2D eigenvalue weighted by Gasteiger charge is -2.18. The number of rotatable bonds is 2. The zero-order chi connectivity index (χ0) is 11.7. The molecule has 1 heterocycles. The summed E-state index contributed by atoms with van der Waals surface area (Å²) < 4.78 is 12.8. The van der Waals surface area contributed by atoms with Crippen LogP contribution >= 0.6 is 0 Å². The smallest absolute Gasteiger partial charge is 0.222 e. The molecule has 1 aromatic rings. The van der Waals surface area contributed by atoms with E-state index in [2.05, 4.69) is 20.6 Å². The van der Waals surface area contributed by atoms with Gasteiger partial charge in [0.15, 0.2) is 0 Å². The van der Waals surface area contributed by atoms with Crippen LogP contribution in [0.3, 0.4) is 0 Å². The van der Waals surface area contributed by atoms with Gasteiger partial charge in [-0.2, -0.15) is 0 Å². The van der Waals surface area contributed by atoms with Crippen LogP contribution in [0.15, 0.2) is 34.3 Å². The van der Waals surface area contributed by atoms with E-state index in [1.54, 1.807) is 18.5 Å². The Hall–Kier alpha value is -1.91. The molecule has 2 aliphatic rings. The van der Waals surface area contributed by atoms with Crippen molar-refractivity contribution in [2.75, 3.05) is 0 Å². The van der Waals surface area contributed by atoms with E-state index in [-0.39, 0.29) is 12.0 Å². The van der Waals surface area contributed by atoms with Crippen LogP contribution < -0.4 is 10.6 Å². The number of hydrogen-bond acceptors (Lipinski definition) is 4. The maximum absolute atomic E-state index is 12.8. The highest BCUT2D eigenvalue weighted by molar-refractivity contribution is 5.89. The summed E-state index contributed by atoms with van der Waals surface area (Å²) in [5.41, 5.74) is 0.924. The predicted octanol–water partition coefficient (Wildman–Crippen LogP) is 1.56. The molecule has 1 aliphatic heterocycles. The van der Waals surface area contributed by atoms with E-state index in [4.69, 9.17) is 0 Å². The fourth-order valence-corrected chi connectivity index (χ4v) is 1.66. The molecule has 0 radical (unpaired) electrons. The molecular weight excluding hydrogens is 219 g/mol. The Bertz CT molecular complexity index is 462. The molecule has 0 spiro atoms. The van der Waals surface area contributed by atoms with E-state index < -0.39 is 0 Å². The van der Waals surface area contributed by atoms with Crippen LogP contribution in [0.1, 0.15) is 24.6 Å². The minimum atomic E-state index is -0.237. The molecule has 88 valence electrons. The summed E-state index contributed by atoms with van der Waals surface area (Å²) in [5.74, 6) is 0.416. The quantitative estimate of drug-likeness (QED) is 0.813. The number of nitrogens with zero attached hydrogens (tertiary/aromatic N) is 2. The van der Waals surface area contributed by atoms with E-state index in [0.717, 1.165) is 5.56 Å². The van der Waals surface area contributed by atoms with Gasteiger partial charge in [0.25, 0.3) is 0 Å². The van der Waals surface area contributed by atoms with Crippen LogP contribution in [-0.2, 0) is 0 Å². The standard InChI is InChI=1S/C12H13FN4/c13-9-3-1-8(2-4-9)11-14-7-15-12(17-11)16-10-5-6-10/h1-4,7,10-11H,5-6H2,(H2,14,15,16,17). The lowest BCUT2D eigenvalue weighted by molar-refractivity contribution is 0.621. The maximum Gasteiger partial charge on any atom is 0.222 e. The van der Waals surface area contributed by atoms with E-state index in [9.17, 15) is 4.39 Å². The van der Waals surface area contributed by atoms with Gasteiger partial charge in [-0.25, -0.2) is 14.4 Å².